The first-order valence-corrected chi connectivity index (χ1v) is 24.3. The van der Waals surface area contributed by atoms with Gasteiger partial charge >= 0.3 is 5.97 Å². The Morgan fingerprint density at radius 1 is 0.500 bits per heavy atom. The number of allylic oxidation sites excluding steroid dienone is 5. The van der Waals surface area contributed by atoms with Gasteiger partial charge in [-0.1, -0.05) is 204 Å². The van der Waals surface area contributed by atoms with E-state index in [0.29, 0.717) is 19.4 Å². The van der Waals surface area contributed by atoms with Crippen molar-refractivity contribution in [2.75, 3.05) is 13.2 Å². The molecule has 6 heteroatoms. The molecule has 0 fully saturated rings. The molecule has 3 N–H and O–H groups in total. The molecule has 0 saturated carbocycles. The van der Waals surface area contributed by atoms with Crippen LogP contribution >= 0.6 is 0 Å². The highest BCUT2D eigenvalue weighted by Gasteiger charge is 2.18. The summed E-state index contributed by atoms with van der Waals surface area (Å²) < 4.78 is 5.42. The van der Waals surface area contributed by atoms with E-state index < -0.39 is 12.1 Å². The molecule has 2 atom stereocenters. The van der Waals surface area contributed by atoms with E-state index in [1.165, 1.54) is 141 Å². The predicted molar refractivity (Wildman–Crippen MR) is 241 cm³/mol. The number of aliphatic hydroxyl groups is 2. The second-order valence-electron chi connectivity index (χ2n) is 16.5. The number of amides is 1. The fourth-order valence-corrected chi connectivity index (χ4v) is 7.15. The molecule has 56 heavy (non-hydrogen) atoms. The number of rotatable bonds is 44. The number of nitrogens with one attached hydrogen (secondary N) is 1. The predicted octanol–water partition coefficient (Wildman–Crippen LogP) is 14.1. The van der Waals surface area contributed by atoms with Crippen LogP contribution in [0.2, 0.25) is 0 Å². The maximum absolute atomic E-state index is 12.3. The maximum atomic E-state index is 12.3. The summed E-state index contributed by atoms with van der Waals surface area (Å²) in [7, 11) is 0. The van der Waals surface area contributed by atoms with Gasteiger partial charge < -0.3 is 20.3 Å². The van der Waals surface area contributed by atoms with Gasteiger partial charge in [0.15, 0.2) is 0 Å². The molecule has 0 rings (SSSR count). The number of hydrogen-bond acceptors (Lipinski definition) is 5. The van der Waals surface area contributed by atoms with Gasteiger partial charge in [-0.15, -0.1) is 0 Å². The topological polar surface area (TPSA) is 95.9 Å². The molecule has 0 aromatic heterocycles. The van der Waals surface area contributed by atoms with Crippen molar-refractivity contribution >= 4 is 11.9 Å². The molecule has 0 heterocycles. The van der Waals surface area contributed by atoms with Gasteiger partial charge in [-0.2, -0.15) is 0 Å². The molecule has 0 bridgehead atoms. The molecule has 0 aliphatic rings. The lowest BCUT2D eigenvalue weighted by Crippen LogP contribution is -2.45. The second-order valence-corrected chi connectivity index (χ2v) is 16.5. The summed E-state index contributed by atoms with van der Waals surface area (Å²) in [4.78, 5) is 24.3. The van der Waals surface area contributed by atoms with Gasteiger partial charge in [-0.3, -0.25) is 9.59 Å². The Hall–Kier alpha value is -1.92. The molecule has 2 unspecified atom stereocenters. The van der Waals surface area contributed by atoms with Gasteiger partial charge in [0.2, 0.25) is 5.91 Å². The van der Waals surface area contributed by atoms with Crippen molar-refractivity contribution in [3.05, 3.63) is 36.5 Å². The number of aliphatic hydroxyl groups excluding tert-OH is 2. The van der Waals surface area contributed by atoms with Crippen LogP contribution in [0.3, 0.4) is 0 Å². The average Bonchev–Trinajstić information content (AvgIpc) is 3.20. The first-order valence-electron chi connectivity index (χ1n) is 24.3. The third kappa shape index (κ3) is 41.7. The quantitative estimate of drug-likeness (QED) is 0.0247. The molecule has 0 aliphatic heterocycles. The van der Waals surface area contributed by atoms with E-state index in [2.05, 4.69) is 43.5 Å². The lowest BCUT2D eigenvalue weighted by Gasteiger charge is -2.20. The van der Waals surface area contributed by atoms with E-state index in [0.717, 1.165) is 77.0 Å². The Labute approximate surface area is 347 Å². The summed E-state index contributed by atoms with van der Waals surface area (Å²) >= 11 is 0. The van der Waals surface area contributed by atoms with Gasteiger partial charge in [-0.25, -0.2) is 0 Å². The van der Waals surface area contributed by atoms with E-state index in [1.54, 1.807) is 6.08 Å². The highest BCUT2D eigenvalue weighted by Crippen LogP contribution is 2.14. The zero-order chi connectivity index (χ0) is 40.8. The molecular weight excluding hydrogens is 695 g/mol. The lowest BCUT2D eigenvalue weighted by atomic mass is 10.0. The zero-order valence-corrected chi connectivity index (χ0v) is 37.1. The molecule has 6 nitrogen and oxygen atoms in total. The van der Waals surface area contributed by atoms with Crippen LogP contribution in [0.15, 0.2) is 36.5 Å². The minimum absolute atomic E-state index is 0.0155. The molecular formula is C50H93NO5. The fraction of sp³-hybridized carbons (Fsp3) is 0.840. The van der Waals surface area contributed by atoms with Gasteiger partial charge in [0.05, 0.1) is 25.4 Å². The Kier molecular flexibility index (Phi) is 44.2. The van der Waals surface area contributed by atoms with E-state index >= 15 is 0 Å². The number of carbonyl (C=O) groups excluding carboxylic acids is 2. The smallest absolute Gasteiger partial charge is 0.305 e. The first-order chi connectivity index (χ1) is 27.5. The van der Waals surface area contributed by atoms with E-state index in [-0.39, 0.29) is 18.5 Å². The SMILES string of the molecule is CCCCCCCCC/C=C/C(O)C(CO)NC(=O)CCCCCCCCCCCC/C=C\C=C/CCCCCOC(=O)CCCCCCCCCCCCC. The highest BCUT2D eigenvalue weighted by molar-refractivity contribution is 5.76. The number of hydrogen-bond donors (Lipinski definition) is 3. The van der Waals surface area contributed by atoms with Crippen molar-refractivity contribution in [3.8, 4) is 0 Å². The van der Waals surface area contributed by atoms with E-state index in [9.17, 15) is 19.8 Å². The van der Waals surface area contributed by atoms with Gasteiger partial charge in [0.25, 0.3) is 0 Å². The standard InChI is InChI=1S/C50H93NO5/c1-3-5-7-9-11-13-23-28-32-36-40-44-50(55)56-45-41-37-33-29-25-22-20-18-16-14-15-17-19-21-24-27-31-35-39-43-49(54)51-47(46-52)48(53)42-38-34-30-26-12-10-8-6-4-2/h18,20,22,25,38,42,47-48,52-53H,3-17,19,21,23-24,26-37,39-41,43-46H2,1-2H3,(H,51,54)/b20-18-,25-22-,42-38+. The maximum Gasteiger partial charge on any atom is 0.305 e. The monoisotopic (exact) mass is 788 g/mol. The molecule has 0 spiro atoms. The summed E-state index contributed by atoms with van der Waals surface area (Å²) in [6.07, 6.45) is 54.3. The molecule has 0 aromatic rings. The highest BCUT2D eigenvalue weighted by atomic mass is 16.5. The number of esters is 1. The van der Waals surface area contributed by atoms with Crippen molar-refractivity contribution in [2.24, 2.45) is 0 Å². The third-order valence-electron chi connectivity index (χ3n) is 10.9. The average molecular weight is 788 g/mol. The Morgan fingerprint density at radius 3 is 1.32 bits per heavy atom. The van der Waals surface area contributed by atoms with Crippen molar-refractivity contribution < 1.29 is 24.5 Å². The number of unbranched alkanes of at least 4 members (excludes halogenated alkanes) is 30. The van der Waals surface area contributed by atoms with Crippen LogP contribution in [0.5, 0.6) is 0 Å². The summed E-state index contributed by atoms with van der Waals surface area (Å²) in [5, 5.41) is 22.9. The molecule has 0 aliphatic carbocycles. The number of ether oxygens (including phenoxy) is 1. The van der Waals surface area contributed by atoms with Crippen LogP contribution in [-0.4, -0.2) is 47.4 Å². The van der Waals surface area contributed by atoms with E-state index in [1.807, 2.05) is 6.08 Å². The van der Waals surface area contributed by atoms with Crippen LogP contribution in [0.1, 0.15) is 245 Å². The van der Waals surface area contributed by atoms with Gasteiger partial charge in [0.1, 0.15) is 0 Å². The Morgan fingerprint density at radius 2 is 0.875 bits per heavy atom. The van der Waals surface area contributed by atoms with Crippen LogP contribution < -0.4 is 5.32 Å². The van der Waals surface area contributed by atoms with Crippen LogP contribution in [0.4, 0.5) is 0 Å². The van der Waals surface area contributed by atoms with Gasteiger partial charge in [0, 0.05) is 12.8 Å². The largest absolute Gasteiger partial charge is 0.466 e. The van der Waals surface area contributed by atoms with Crippen molar-refractivity contribution in [3.63, 3.8) is 0 Å². The Balaban J connectivity index is 3.50. The summed E-state index contributed by atoms with van der Waals surface area (Å²) in [5.41, 5.74) is 0. The van der Waals surface area contributed by atoms with Crippen LogP contribution in [-0.2, 0) is 14.3 Å². The minimum atomic E-state index is -0.848. The van der Waals surface area contributed by atoms with Crippen LogP contribution in [0.25, 0.3) is 0 Å². The van der Waals surface area contributed by atoms with Crippen molar-refractivity contribution in [2.45, 2.75) is 257 Å². The third-order valence-corrected chi connectivity index (χ3v) is 10.9. The van der Waals surface area contributed by atoms with Crippen molar-refractivity contribution in [1.29, 1.82) is 0 Å². The normalized spacial score (nSPS) is 13.0. The van der Waals surface area contributed by atoms with E-state index in [4.69, 9.17) is 4.74 Å². The second kappa shape index (κ2) is 45.8. The number of carbonyl (C=O) groups is 2. The Bertz CT molecular complexity index is 915. The molecule has 0 aromatic carbocycles. The van der Waals surface area contributed by atoms with Crippen LogP contribution in [0, 0.1) is 0 Å². The first kappa shape index (κ1) is 54.1. The van der Waals surface area contributed by atoms with Crippen molar-refractivity contribution in [1.82, 2.24) is 5.32 Å². The summed E-state index contributed by atoms with van der Waals surface area (Å²) in [6.45, 7) is 4.81. The summed E-state index contributed by atoms with van der Waals surface area (Å²) in [5.74, 6) is -0.0973. The molecule has 0 saturated heterocycles. The molecule has 328 valence electrons. The van der Waals surface area contributed by atoms with Gasteiger partial charge in [-0.05, 0) is 64.2 Å². The zero-order valence-electron chi connectivity index (χ0n) is 37.1. The lowest BCUT2D eigenvalue weighted by molar-refractivity contribution is -0.143. The summed E-state index contributed by atoms with van der Waals surface area (Å²) in [6, 6.07) is -0.633. The molecule has 0 radical (unpaired) electrons. The molecule has 1 amide bonds. The minimum Gasteiger partial charge on any atom is -0.466 e. The fourth-order valence-electron chi connectivity index (χ4n) is 7.15.